The molecule has 1 atom stereocenters. The molecular weight excluding hydrogens is 408 g/mol. The lowest BCUT2D eigenvalue weighted by Crippen LogP contribution is -2.47. The molecule has 1 aliphatic carbocycles. The summed E-state index contributed by atoms with van der Waals surface area (Å²) >= 11 is 0. The Balaban J connectivity index is 1.47. The monoisotopic (exact) mass is 434 g/mol. The van der Waals surface area contributed by atoms with Gasteiger partial charge in [-0.05, 0) is 65.6 Å². The summed E-state index contributed by atoms with van der Waals surface area (Å²) in [6, 6.07) is 13.8. The maximum atomic E-state index is 13.0. The van der Waals surface area contributed by atoms with Gasteiger partial charge in [0.15, 0.2) is 5.82 Å². The van der Waals surface area contributed by atoms with Gasteiger partial charge in [-0.15, -0.1) is 5.10 Å². The molecule has 1 aliphatic rings. The lowest BCUT2D eigenvalue weighted by Gasteiger charge is -2.22. The van der Waals surface area contributed by atoms with Gasteiger partial charge in [-0.3, -0.25) is 9.59 Å². The van der Waals surface area contributed by atoms with Crippen molar-refractivity contribution in [1.29, 1.82) is 0 Å². The second-order valence-electron chi connectivity index (χ2n) is 8.17. The molecule has 1 saturated carbocycles. The lowest BCUT2D eigenvalue weighted by molar-refractivity contribution is -0.118. The van der Waals surface area contributed by atoms with Crippen molar-refractivity contribution in [3.8, 4) is 17.1 Å². The minimum Gasteiger partial charge on any atom is -0.497 e. The van der Waals surface area contributed by atoms with Crippen molar-refractivity contribution >= 4 is 17.5 Å². The van der Waals surface area contributed by atoms with Gasteiger partial charge in [0.05, 0.1) is 13.2 Å². The number of benzene rings is 2. The first-order valence-electron chi connectivity index (χ1n) is 10.6. The average Bonchev–Trinajstić information content (AvgIpc) is 3.53. The van der Waals surface area contributed by atoms with Gasteiger partial charge in [0, 0.05) is 16.8 Å². The molecule has 1 aromatic heterocycles. The van der Waals surface area contributed by atoms with Gasteiger partial charge in [0.25, 0.3) is 5.91 Å². The molecule has 3 aromatic rings. The number of carbonyl (C=O) groups excluding carboxylic acids is 2. The Kier molecular flexibility index (Phi) is 6.16. The summed E-state index contributed by atoms with van der Waals surface area (Å²) in [5.74, 6) is 0.617. The van der Waals surface area contributed by atoms with E-state index in [0.717, 1.165) is 18.4 Å². The largest absolute Gasteiger partial charge is 0.497 e. The van der Waals surface area contributed by atoms with Crippen LogP contribution in [-0.2, 0) is 4.79 Å². The maximum absolute atomic E-state index is 13.0. The molecule has 32 heavy (non-hydrogen) atoms. The van der Waals surface area contributed by atoms with Gasteiger partial charge >= 0.3 is 0 Å². The van der Waals surface area contributed by atoms with E-state index >= 15 is 0 Å². The van der Waals surface area contributed by atoms with Crippen LogP contribution in [0.5, 0.6) is 5.75 Å². The van der Waals surface area contributed by atoms with Crippen LogP contribution in [-0.4, -0.2) is 45.2 Å². The minimum absolute atomic E-state index is 0.109. The maximum Gasteiger partial charge on any atom is 0.251 e. The van der Waals surface area contributed by atoms with Crippen molar-refractivity contribution in [2.75, 3.05) is 12.4 Å². The highest BCUT2D eigenvalue weighted by atomic mass is 16.5. The summed E-state index contributed by atoms with van der Waals surface area (Å²) in [6.07, 6.45) is 2.14. The van der Waals surface area contributed by atoms with Gasteiger partial charge in [-0.25, -0.2) is 4.68 Å². The van der Waals surface area contributed by atoms with Crippen LogP contribution in [0.15, 0.2) is 48.5 Å². The summed E-state index contributed by atoms with van der Waals surface area (Å²) in [5, 5.41) is 17.8. The first kappa shape index (κ1) is 21.5. The number of nitrogens with one attached hydrogen (secondary N) is 2. The SMILES string of the molecule is COc1ccc(C(=O)NC(C(=O)Nc2cccc(-c3nnnn3C3CC3)c2)C(C)C)cc1. The van der Waals surface area contributed by atoms with Crippen molar-refractivity contribution < 1.29 is 14.3 Å². The summed E-state index contributed by atoms with van der Waals surface area (Å²) in [5.41, 5.74) is 1.89. The third-order valence-corrected chi connectivity index (χ3v) is 5.36. The van der Waals surface area contributed by atoms with Crippen LogP contribution in [0, 0.1) is 5.92 Å². The normalized spacial score (nSPS) is 14.1. The van der Waals surface area contributed by atoms with Crippen LogP contribution in [0.25, 0.3) is 11.4 Å². The highest BCUT2D eigenvalue weighted by Crippen LogP contribution is 2.36. The molecule has 9 nitrogen and oxygen atoms in total. The number of ether oxygens (including phenoxy) is 1. The van der Waals surface area contributed by atoms with Crippen LogP contribution in [0.2, 0.25) is 0 Å². The number of methoxy groups -OCH3 is 1. The molecule has 2 N–H and O–H groups in total. The minimum atomic E-state index is -0.704. The summed E-state index contributed by atoms with van der Waals surface area (Å²) in [4.78, 5) is 25.7. The Bertz CT molecular complexity index is 1100. The molecule has 1 heterocycles. The van der Waals surface area contributed by atoms with Gasteiger partial charge in [0.1, 0.15) is 11.8 Å². The fraction of sp³-hybridized carbons (Fsp3) is 0.348. The third kappa shape index (κ3) is 4.77. The molecule has 0 bridgehead atoms. The summed E-state index contributed by atoms with van der Waals surface area (Å²) < 4.78 is 6.95. The number of rotatable bonds is 8. The average molecular weight is 435 g/mol. The quantitative estimate of drug-likeness (QED) is 0.564. The number of aromatic nitrogens is 4. The van der Waals surface area contributed by atoms with E-state index in [1.165, 1.54) is 0 Å². The third-order valence-electron chi connectivity index (χ3n) is 5.36. The summed E-state index contributed by atoms with van der Waals surface area (Å²) in [7, 11) is 1.57. The molecule has 0 radical (unpaired) electrons. The van der Waals surface area contributed by atoms with Crippen LogP contribution >= 0.6 is 0 Å². The van der Waals surface area contributed by atoms with Gasteiger partial charge in [-0.2, -0.15) is 0 Å². The molecule has 0 saturated heterocycles. The van der Waals surface area contributed by atoms with Crippen LogP contribution < -0.4 is 15.4 Å². The Morgan fingerprint density at radius 3 is 2.53 bits per heavy atom. The van der Waals surface area contributed by atoms with Gasteiger partial charge in [-0.1, -0.05) is 26.0 Å². The molecule has 1 unspecified atom stereocenters. The van der Waals surface area contributed by atoms with E-state index in [1.807, 2.05) is 36.7 Å². The predicted molar refractivity (Wildman–Crippen MR) is 119 cm³/mol. The number of hydrogen-bond donors (Lipinski definition) is 2. The van der Waals surface area contributed by atoms with Gasteiger partial charge < -0.3 is 15.4 Å². The zero-order chi connectivity index (χ0) is 22.7. The smallest absolute Gasteiger partial charge is 0.251 e. The second kappa shape index (κ2) is 9.17. The molecule has 0 aliphatic heterocycles. The van der Waals surface area contributed by atoms with Crippen LogP contribution in [0.1, 0.15) is 43.1 Å². The second-order valence-corrected chi connectivity index (χ2v) is 8.17. The zero-order valence-electron chi connectivity index (χ0n) is 18.3. The fourth-order valence-corrected chi connectivity index (χ4v) is 3.41. The van der Waals surface area contributed by atoms with Gasteiger partial charge in [0.2, 0.25) is 5.91 Å². The van der Waals surface area contributed by atoms with E-state index in [4.69, 9.17) is 4.74 Å². The van der Waals surface area contributed by atoms with E-state index in [0.29, 0.717) is 28.9 Å². The number of tetrazole rings is 1. The van der Waals surface area contributed by atoms with Crippen LogP contribution in [0.4, 0.5) is 5.69 Å². The molecule has 1 fully saturated rings. The van der Waals surface area contributed by atoms with E-state index in [9.17, 15) is 9.59 Å². The Labute approximate surface area is 186 Å². The Hall–Kier alpha value is -3.75. The Morgan fingerprint density at radius 2 is 1.88 bits per heavy atom. The molecule has 4 rings (SSSR count). The van der Waals surface area contributed by atoms with E-state index < -0.39 is 6.04 Å². The summed E-state index contributed by atoms with van der Waals surface area (Å²) in [6.45, 7) is 3.78. The molecule has 9 heteroatoms. The number of anilines is 1. The first-order chi connectivity index (χ1) is 15.5. The zero-order valence-corrected chi connectivity index (χ0v) is 18.3. The van der Waals surface area contributed by atoms with E-state index in [1.54, 1.807) is 37.4 Å². The number of hydrogen-bond acceptors (Lipinski definition) is 6. The first-order valence-corrected chi connectivity index (χ1v) is 10.6. The van der Waals surface area contributed by atoms with Crippen molar-refractivity contribution in [2.45, 2.75) is 38.8 Å². The number of amides is 2. The lowest BCUT2D eigenvalue weighted by atomic mass is 10.0. The van der Waals surface area contributed by atoms with E-state index in [-0.39, 0.29) is 17.7 Å². The number of carbonyl (C=O) groups is 2. The highest BCUT2D eigenvalue weighted by molar-refractivity contribution is 6.01. The molecule has 2 aromatic carbocycles. The van der Waals surface area contributed by atoms with Crippen molar-refractivity contribution in [1.82, 2.24) is 25.5 Å². The molecular formula is C23H26N6O3. The topological polar surface area (TPSA) is 111 Å². The highest BCUT2D eigenvalue weighted by Gasteiger charge is 2.28. The van der Waals surface area contributed by atoms with Crippen LogP contribution in [0.3, 0.4) is 0 Å². The molecule has 2 amide bonds. The van der Waals surface area contributed by atoms with Crippen molar-refractivity contribution in [2.24, 2.45) is 5.92 Å². The predicted octanol–water partition coefficient (Wildman–Crippen LogP) is 3.08. The molecule has 166 valence electrons. The number of nitrogens with zero attached hydrogens (tertiary/aromatic N) is 4. The van der Waals surface area contributed by atoms with E-state index in [2.05, 4.69) is 26.2 Å². The molecule has 0 spiro atoms. The van der Waals surface area contributed by atoms with Crippen molar-refractivity contribution in [3.63, 3.8) is 0 Å². The standard InChI is InChI=1S/C23H26N6O3/c1-14(2)20(25-22(30)15-7-11-19(32-3)12-8-15)23(31)24-17-6-4-5-16(13-17)21-26-27-28-29(21)18-9-10-18/h4-8,11-14,18,20H,9-10H2,1-3H3,(H,24,31)(H,25,30). The fourth-order valence-electron chi connectivity index (χ4n) is 3.41. The Morgan fingerprint density at radius 1 is 1.12 bits per heavy atom. The van der Waals surface area contributed by atoms with Crippen molar-refractivity contribution in [3.05, 3.63) is 54.1 Å².